The van der Waals surface area contributed by atoms with Crippen molar-refractivity contribution in [3.8, 4) is 17.6 Å². The van der Waals surface area contributed by atoms with Gasteiger partial charge in [-0.05, 0) is 29.8 Å². The van der Waals surface area contributed by atoms with Crippen LogP contribution in [-0.4, -0.2) is 4.92 Å². The van der Waals surface area contributed by atoms with Crippen LogP contribution in [0.1, 0.15) is 11.1 Å². The molecule has 2 aromatic carbocycles. The van der Waals surface area contributed by atoms with E-state index >= 15 is 0 Å². The maximum atomic E-state index is 11.0. The first-order valence-electron chi connectivity index (χ1n) is 5.65. The van der Waals surface area contributed by atoms with Crippen molar-refractivity contribution in [1.29, 1.82) is 5.26 Å². The van der Waals surface area contributed by atoms with E-state index in [1.807, 2.05) is 18.2 Å². The summed E-state index contributed by atoms with van der Waals surface area (Å²) in [5.74, 6) is 0.614. The second-order valence-corrected chi connectivity index (χ2v) is 4.49. The highest BCUT2D eigenvalue weighted by molar-refractivity contribution is 9.08. The third-order valence-corrected chi connectivity index (χ3v) is 3.24. The molecule has 0 heterocycles. The Hall–Kier alpha value is -2.39. The van der Waals surface area contributed by atoms with Crippen LogP contribution < -0.4 is 4.74 Å². The van der Waals surface area contributed by atoms with Gasteiger partial charge in [0.15, 0.2) is 0 Å². The van der Waals surface area contributed by atoms with Crippen LogP contribution in [0.3, 0.4) is 0 Å². The Morgan fingerprint density at radius 1 is 1.25 bits per heavy atom. The fourth-order valence-corrected chi connectivity index (χ4v) is 1.96. The highest BCUT2D eigenvalue weighted by Crippen LogP contribution is 2.32. The van der Waals surface area contributed by atoms with E-state index in [1.165, 1.54) is 18.2 Å². The Labute approximate surface area is 123 Å². The molecule has 6 heteroatoms. The van der Waals surface area contributed by atoms with E-state index in [0.717, 1.165) is 10.9 Å². The number of nitro groups is 1. The minimum atomic E-state index is -0.566. The molecule has 0 saturated carbocycles. The van der Waals surface area contributed by atoms with Gasteiger partial charge >= 0.3 is 5.69 Å². The number of ether oxygens (including phenoxy) is 1. The molecule has 0 atom stereocenters. The zero-order valence-electron chi connectivity index (χ0n) is 10.2. The topological polar surface area (TPSA) is 76.2 Å². The Morgan fingerprint density at radius 3 is 2.50 bits per heavy atom. The van der Waals surface area contributed by atoms with E-state index in [9.17, 15) is 10.1 Å². The average Bonchev–Trinajstić information content (AvgIpc) is 2.48. The van der Waals surface area contributed by atoms with Crippen LogP contribution in [0.5, 0.6) is 11.5 Å². The molecule has 0 unspecified atom stereocenters. The van der Waals surface area contributed by atoms with Crippen molar-refractivity contribution in [2.75, 3.05) is 0 Å². The molecule has 0 spiro atoms. The molecule has 2 rings (SSSR count). The van der Waals surface area contributed by atoms with Crippen LogP contribution in [0.4, 0.5) is 5.69 Å². The summed E-state index contributed by atoms with van der Waals surface area (Å²) in [6.45, 7) is 0. The fraction of sp³-hybridized carbons (Fsp3) is 0.0714. The maximum Gasteiger partial charge on any atom is 0.312 e. The molecular formula is C14H9BrN2O3. The maximum absolute atomic E-state index is 11.0. The number of nitro benzene ring substituents is 1. The summed E-state index contributed by atoms with van der Waals surface area (Å²) in [6, 6.07) is 13.2. The molecule has 0 fully saturated rings. The van der Waals surface area contributed by atoms with Crippen molar-refractivity contribution in [2.45, 2.75) is 5.33 Å². The minimum absolute atomic E-state index is 0.112. The monoisotopic (exact) mass is 332 g/mol. The number of nitrogens with zero attached hydrogens (tertiary/aromatic N) is 2. The SMILES string of the molecule is N#Cc1ccc(Oc2ccc(CBr)cc2)c([N+](=O)[O-])c1. The lowest BCUT2D eigenvalue weighted by atomic mass is 10.2. The predicted molar refractivity (Wildman–Crippen MR) is 77.0 cm³/mol. The largest absolute Gasteiger partial charge is 0.450 e. The van der Waals surface area contributed by atoms with Gasteiger partial charge in [0, 0.05) is 11.4 Å². The van der Waals surface area contributed by atoms with Gasteiger partial charge in [0.2, 0.25) is 5.75 Å². The van der Waals surface area contributed by atoms with Crippen molar-refractivity contribution in [1.82, 2.24) is 0 Å². The third kappa shape index (κ3) is 3.13. The van der Waals surface area contributed by atoms with E-state index < -0.39 is 4.92 Å². The second-order valence-electron chi connectivity index (χ2n) is 3.93. The van der Waals surface area contributed by atoms with Crippen molar-refractivity contribution in [3.63, 3.8) is 0 Å². The summed E-state index contributed by atoms with van der Waals surface area (Å²) in [5.41, 5.74) is 1.07. The van der Waals surface area contributed by atoms with E-state index in [4.69, 9.17) is 10.00 Å². The lowest BCUT2D eigenvalue weighted by molar-refractivity contribution is -0.385. The molecule has 0 aliphatic rings. The number of benzene rings is 2. The first-order chi connectivity index (χ1) is 9.63. The normalized spacial score (nSPS) is 9.80. The van der Waals surface area contributed by atoms with Crippen molar-refractivity contribution < 1.29 is 9.66 Å². The van der Waals surface area contributed by atoms with E-state index in [-0.39, 0.29) is 17.0 Å². The summed E-state index contributed by atoms with van der Waals surface area (Å²) in [5, 5.41) is 20.5. The van der Waals surface area contributed by atoms with Gasteiger partial charge in [0.25, 0.3) is 0 Å². The van der Waals surface area contributed by atoms with Crippen LogP contribution in [-0.2, 0) is 5.33 Å². The molecule has 5 nitrogen and oxygen atoms in total. The summed E-state index contributed by atoms with van der Waals surface area (Å²) >= 11 is 3.33. The molecule has 0 amide bonds. The fourth-order valence-electron chi connectivity index (χ4n) is 1.59. The molecule has 0 bridgehead atoms. The van der Waals surface area contributed by atoms with Gasteiger partial charge in [-0.25, -0.2) is 0 Å². The first-order valence-corrected chi connectivity index (χ1v) is 6.77. The van der Waals surface area contributed by atoms with Gasteiger partial charge < -0.3 is 4.74 Å². The number of halogens is 1. The second kappa shape index (κ2) is 6.17. The van der Waals surface area contributed by atoms with Gasteiger partial charge in [0.1, 0.15) is 5.75 Å². The van der Waals surface area contributed by atoms with E-state index in [1.54, 1.807) is 12.1 Å². The van der Waals surface area contributed by atoms with Gasteiger partial charge in [-0.1, -0.05) is 28.1 Å². The van der Waals surface area contributed by atoms with Crippen LogP contribution in [0.25, 0.3) is 0 Å². The zero-order chi connectivity index (χ0) is 14.5. The van der Waals surface area contributed by atoms with Crippen LogP contribution in [0.15, 0.2) is 42.5 Å². The highest BCUT2D eigenvalue weighted by atomic mass is 79.9. The van der Waals surface area contributed by atoms with Gasteiger partial charge in [-0.2, -0.15) is 5.26 Å². The Bertz CT molecular complexity index is 678. The molecule has 20 heavy (non-hydrogen) atoms. The predicted octanol–water partition coefficient (Wildman–Crippen LogP) is 4.15. The number of nitriles is 1. The van der Waals surface area contributed by atoms with Crippen LogP contribution in [0.2, 0.25) is 0 Å². The number of hydrogen-bond donors (Lipinski definition) is 0. The van der Waals surface area contributed by atoms with Crippen LogP contribution >= 0.6 is 15.9 Å². The quantitative estimate of drug-likeness (QED) is 0.478. The molecule has 0 saturated heterocycles. The Balaban J connectivity index is 2.32. The molecular weight excluding hydrogens is 324 g/mol. The molecule has 0 N–H and O–H groups in total. The lowest BCUT2D eigenvalue weighted by Crippen LogP contribution is -1.94. The Kier molecular flexibility index (Phi) is 4.33. The number of hydrogen-bond acceptors (Lipinski definition) is 4. The smallest absolute Gasteiger partial charge is 0.312 e. The molecule has 100 valence electrons. The van der Waals surface area contributed by atoms with Gasteiger partial charge in [0.05, 0.1) is 16.6 Å². The van der Waals surface area contributed by atoms with E-state index in [2.05, 4.69) is 15.9 Å². The summed E-state index contributed by atoms with van der Waals surface area (Å²) in [4.78, 5) is 10.4. The lowest BCUT2D eigenvalue weighted by Gasteiger charge is -2.07. The summed E-state index contributed by atoms with van der Waals surface area (Å²) in [6.07, 6.45) is 0. The van der Waals surface area contributed by atoms with Crippen LogP contribution in [0, 0.1) is 21.4 Å². The first kappa shape index (κ1) is 14.0. The number of alkyl halides is 1. The summed E-state index contributed by atoms with van der Waals surface area (Å²) < 4.78 is 5.50. The molecule has 0 radical (unpaired) electrons. The van der Waals surface area contributed by atoms with Gasteiger partial charge in [-0.3, -0.25) is 10.1 Å². The minimum Gasteiger partial charge on any atom is -0.450 e. The van der Waals surface area contributed by atoms with E-state index in [0.29, 0.717) is 5.75 Å². The molecule has 0 aliphatic carbocycles. The zero-order valence-corrected chi connectivity index (χ0v) is 11.8. The summed E-state index contributed by atoms with van der Waals surface area (Å²) in [7, 11) is 0. The molecule has 0 aromatic heterocycles. The molecule has 0 aliphatic heterocycles. The molecule has 2 aromatic rings. The van der Waals surface area contributed by atoms with Gasteiger partial charge in [-0.15, -0.1) is 0 Å². The average molecular weight is 333 g/mol. The number of rotatable bonds is 4. The van der Waals surface area contributed by atoms with Crippen molar-refractivity contribution in [2.24, 2.45) is 0 Å². The highest BCUT2D eigenvalue weighted by Gasteiger charge is 2.16. The van der Waals surface area contributed by atoms with Crippen molar-refractivity contribution in [3.05, 3.63) is 63.7 Å². The third-order valence-electron chi connectivity index (χ3n) is 2.59. The van der Waals surface area contributed by atoms with Crippen molar-refractivity contribution >= 4 is 21.6 Å². The Morgan fingerprint density at radius 2 is 1.95 bits per heavy atom. The standard InChI is InChI=1S/C14H9BrN2O3/c15-8-10-1-4-12(5-2-10)20-14-6-3-11(9-16)7-13(14)17(18)19/h1-7H,8H2.